The molecule has 0 aliphatic heterocycles. The molecule has 0 aliphatic rings. The van der Waals surface area contributed by atoms with Gasteiger partial charge in [-0.1, -0.05) is 12.1 Å². The first-order chi connectivity index (χ1) is 7.41. The van der Waals surface area contributed by atoms with Gasteiger partial charge in [0.15, 0.2) is 0 Å². The van der Waals surface area contributed by atoms with E-state index in [4.69, 9.17) is 0 Å². The molecular formula is C10H5BrF3NO. The standard InChI is InChI=1S/C10H5BrF3NO/c11-7-3-1-2-5-6(10(12,13)14)4-15-9(16)8(5)7/h1-4H,(H,15,16). The molecule has 2 nitrogen and oxygen atoms in total. The number of aromatic nitrogens is 1. The fourth-order valence-electron chi connectivity index (χ4n) is 1.50. The third-order valence-electron chi connectivity index (χ3n) is 2.18. The molecule has 6 heteroatoms. The van der Waals surface area contributed by atoms with Crippen molar-refractivity contribution in [3.8, 4) is 0 Å². The summed E-state index contributed by atoms with van der Waals surface area (Å²) in [5.41, 5.74) is -1.39. The number of rotatable bonds is 0. The number of nitrogens with one attached hydrogen (secondary N) is 1. The molecule has 0 radical (unpaired) electrons. The van der Waals surface area contributed by atoms with Crippen molar-refractivity contribution in [1.82, 2.24) is 4.98 Å². The summed E-state index contributed by atoms with van der Waals surface area (Å²) in [6, 6.07) is 4.26. The molecule has 0 atom stereocenters. The van der Waals surface area contributed by atoms with Gasteiger partial charge in [-0.2, -0.15) is 13.2 Å². The molecular weight excluding hydrogens is 287 g/mol. The number of H-pyrrole nitrogens is 1. The van der Waals surface area contributed by atoms with E-state index in [0.717, 1.165) is 0 Å². The molecule has 1 aromatic heterocycles. The fourth-order valence-corrected chi connectivity index (χ4v) is 2.05. The summed E-state index contributed by atoms with van der Waals surface area (Å²) < 4.78 is 38.3. The van der Waals surface area contributed by atoms with Gasteiger partial charge >= 0.3 is 6.18 Å². The quantitative estimate of drug-likeness (QED) is 0.794. The van der Waals surface area contributed by atoms with Crippen molar-refractivity contribution < 1.29 is 13.2 Å². The first-order valence-electron chi connectivity index (χ1n) is 4.28. The Kier molecular flexibility index (Phi) is 2.53. The second-order valence-electron chi connectivity index (χ2n) is 3.19. The molecule has 0 amide bonds. The number of halogens is 4. The van der Waals surface area contributed by atoms with Crippen LogP contribution >= 0.6 is 15.9 Å². The zero-order valence-electron chi connectivity index (χ0n) is 7.73. The maximum atomic E-state index is 12.6. The van der Waals surface area contributed by atoms with Crippen LogP contribution in [0.4, 0.5) is 13.2 Å². The third-order valence-corrected chi connectivity index (χ3v) is 2.84. The molecule has 16 heavy (non-hydrogen) atoms. The van der Waals surface area contributed by atoms with Crippen molar-refractivity contribution in [3.05, 3.63) is 44.8 Å². The molecule has 0 aliphatic carbocycles. The van der Waals surface area contributed by atoms with E-state index in [1.54, 1.807) is 0 Å². The van der Waals surface area contributed by atoms with Gasteiger partial charge in [0.05, 0.1) is 10.9 Å². The summed E-state index contributed by atoms with van der Waals surface area (Å²) >= 11 is 3.06. The van der Waals surface area contributed by atoms with E-state index < -0.39 is 17.3 Å². The Morgan fingerprint density at radius 1 is 1.25 bits per heavy atom. The van der Waals surface area contributed by atoms with Crippen molar-refractivity contribution in [2.75, 3.05) is 0 Å². The van der Waals surface area contributed by atoms with Crippen LogP contribution in [0.2, 0.25) is 0 Å². The lowest BCUT2D eigenvalue weighted by atomic mass is 10.1. The highest BCUT2D eigenvalue weighted by Gasteiger charge is 2.33. The molecule has 2 aromatic rings. The molecule has 84 valence electrons. The Hall–Kier alpha value is -1.30. The van der Waals surface area contributed by atoms with Gasteiger partial charge < -0.3 is 4.98 Å². The zero-order chi connectivity index (χ0) is 11.9. The van der Waals surface area contributed by atoms with Crippen LogP contribution in [0, 0.1) is 0 Å². The van der Waals surface area contributed by atoms with Crippen LogP contribution in [-0.2, 0) is 6.18 Å². The van der Waals surface area contributed by atoms with Gasteiger partial charge in [-0.05, 0) is 22.0 Å². The molecule has 1 heterocycles. The van der Waals surface area contributed by atoms with Gasteiger partial charge in [-0.15, -0.1) is 0 Å². The summed E-state index contributed by atoms with van der Waals surface area (Å²) in [6.45, 7) is 0. The molecule has 0 bridgehead atoms. The van der Waals surface area contributed by atoms with Gasteiger partial charge in [0.25, 0.3) is 5.56 Å². The van der Waals surface area contributed by atoms with Crippen LogP contribution in [0.1, 0.15) is 5.56 Å². The lowest BCUT2D eigenvalue weighted by molar-refractivity contribution is -0.136. The summed E-state index contributed by atoms with van der Waals surface area (Å²) in [7, 11) is 0. The van der Waals surface area contributed by atoms with Gasteiger partial charge in [0.2, 0.25) is 0 Å². The summed E-state index contributed by atoms with van der Waals surface area (Å²) in [5, 5.41) is -0.0945. The molecule has 0 fully saturated rings. The summed E-state index contributed by atoms with van der Waals surface area (Å²) in [6.07, 6.45) is -3.79. The van der Waals surface area contributed by atoms with Gasteiger partial charge in [0.1, 0.15) is 0 Å². The maximum Gasteiger partial charge on any atom is 0.418 e. The number of fused-ring (bicyclic) bond motifs is 1. The third kappa shape index (κ3) is 1.73. The molecule has 2 rings (SSSR count). The maximum absolute atomic E-state index is 12.6. The molecule has 0 saturated heterocycles. The van der Waals surface area contributed by atoms with Crippen LogP contribution in [0.15, 0.2) is 33.7 Å². The van der Waals surface area contributed by atoms with Crippen LogP contribution in [0.5, 0.6) is 0 Å². The SMILES string of the molecule is O=c1[nH]cc(C(F)(F)F)c2cccc(Br)c12. The summed E-state index contributed by atoms with van der Waals surface area (Å²) in [4.78, 5) is 13.5. The predicted octanol–water partition coefficient (Wildman–Crippen LogP) is 3.31. The topological polar surface area (TPSA) is 32.9 Å². The average molecular weight is 292 g/mol. The van der Waals surface area contributed by atoms with E-state index >= 15 is 0 Å². The second-order valence-corrected chi connectivity index (χ2v) is 4.05. The Labute approximate surface area is 96.2 Å². The Bertz CT molecular complexity index is 603. The second kappa shape index (κ2) is 3.62. The Morgan fingerprint density at radius 2 is 1.94 bits per heavy atom. The lowest BCUT2D eigenvalue weighted by Gasteiger charge is -2.09. The predicted molar refractivity (Wildman–Crippen MR) is 57.3 cm³/mol. The number of aromatic amines is 1. The lowest BCUT2D eigenvalue weighted by Crippen LogP contribution is -2.13. The smallest absolute Gasteiger partial charge is 0.328 e. The molecule has 0 saturated carbocycles. The Balaban J connectivity index is 2.96. The number of hydrogen-bond donors (Lipinski definition) is 1. The van der Waals surface area contributed by atoms with E-state index in [2.05, 4.69) is 20.9 Å². The number of hydrogen-bond acceptors (Lipinski definition) is 1. The minimum Gasteiger partial charge on any atom is -0.328 e. The van der Waals surface area contributed by atoms with Gasteiger partial charge in [0, 0.05) is 16.1 Å². The molecule has 0 unspecified atom stereocenters. The van der Waals surface area contributed by atoms with Gasteiger partial charge in [-0.3, -0.25) is 4.79 Å². The van der Waals surface area contributed by atoms with E-state index in [1.807, 2.05) is 0 Å². The van der Waals surface area contributed by atoms with Crippen molar-refractivity contribution in [3.63, 3.8) is 0 Å². The van der Waals surface area contributed by atoms with Crippen molar-refractivity contribution in [1.29, 1.82) is 0 Å². The van der Waals surface area contributed by atoms with Crippen LogP contribution < -0.4 is 5.56 Å². The van der Waals surface area contributed by atoms with E-state index in [1.165, 1.54) is 18.2 Å². The van der Waals surface area contributed by atoms with Crippen molar-refractivity contribution in [2.24, 2.45) is 0 Å². The number of pyridine rings is 1. The molecule has 0 spiro atoms. The zero-order valence-corrected chi connectivity index (χ0v) is 9.32. The highest BCUT2D eigenvalue weighted by molar-refractivity contribution is 9.10. The van der Waals surface area contributed by atoms with Gasteiger partial charge in [-0.25, -0.2) is 0 Å². The summed E-state index contributed by atoms with van der Waals surface area (Å²) in [5.74, 6) is 0. The van der Waals surface area contributed by atoms with E-state index in [0.29, 0.717) is 10.7 Å². The van der Waals surface area contributed by atoms with Crippen LogP contribution in [0.3, 0.4) is 0 Å². The minimum absolute atomic E-state index is 0.0114. The molecule has 1 aromatic carbocycles. The van der Waals surface area contributed by atoms with Crippen molar-refractivity contribution in [2.45, 2.75) is 6.18 Å². The fraction of sp³-hybridized carbons (Fsp3) is 0.100. The largest absolute Gasteiger partial charge is 0.418 e. The van der Waals surface area contributed by atoms with Crippen LogP contribution in [0.25, 0.3) is 10.8 Å². The van der Waals surface area contributed by atoms with Crippen LogP contribution in [-0.4, -0.2) is 4.98 Å². The number of alkyl halides is 3. The van der Waals surface area contributed by atoms with E-state index in [-0.39, 0.29) is 10.8 Å². The normalized spacial score (nSPS) is 12.0. The highest BCUT2D eigenvalue weighted by atomic mass is 79.9. The van der Waals surface area contributed by atoms with Crippen molar-refractivity contribution >= 4 is 26.7 Å². The first-order valence-corrected chi connectivity index (χ1v) is 5.07. The first kappa shape index (κ1) is 11.2. The Morgan fingerprint density at radius 3 is 2.56 bits per heavy atom. The highest BCUT2D eigenvalue weighted by Crippen LogP contribution is 2.34. The van der Waals surface area contributed by atoms with E-state index in [9.17, 15) is 18.0 Å². The average Bonchev–Trinajstić information content (AvgIpc) is 2.16. The monoisotopic (exact) mass is 291 g/mol. The number of benzene rings is 1. The molecule has 1 N–H and O–H groups in total. The minimum atomic E-state index is -4.48.